The minimum atomic E-state index is -1.07. The van der Waals surface area contributed by atoms with Crippen LogP contribution in [0.2, 0.25) is 0 Å². The van der Waals surface area contributed by atoms with Crippen LogP contribution in [0, 0.1) is 10.1 Å². The van der Waals surface area contributed by atoms with E-state index < -0.39 is 11.6 Å². The van der Waals surface area contributed by atoms with E-state index in [1.807, 2.05) is 0 Å². The van der Waals surface area contributed by atoms with Crippen LogP contribution in [-0.2, 0) is 14.6 Å². The van der Waals surface area contributed by atoms with Gasteiger partial charge in [0.25, 0.3) is 5.09 Å². The van der Waals surface area contributed by atoms with E-state index in [1.54, 1.807) is 0 Å². The Morgan fingerprint density at radius 2 is 2.29 bits per heavy atom. The van der Waals surface area contributed by atoms with Crippen LogP contribution in [0.25, 0.3) is 0 Å². The van der Waals surface area contributed by atoms with Crippen molar-refractivity contribution in [3.8, 4) is 0 Å². The molecule has 0 unspecified atom stereocenters. The van der Waals surface area contributed by atoms with Crippen LogP contribution in [0.1, 0.15) is 0 Å². The Kier molecular flexibility index (Phi) is 0.807. The van der Waals surface area contributed by atoms with Crippen molar-refractivity contribution in [2.24, 2.45) is 0 Å². The second-order valence-electron chi connectivity index (χ2n) is 0.810. The van der Waals surface area contributed by atoms with Crippen LogP contribution < -0.4 is 0 Å². The molecule has 0 atom stereocenters. The van der Waals surface area contributed by atoms with Gasteiger partial charge in [-0.25, -0.2) is 4.84 Å². The summed E-state index contributed by atoms with van der Waals surface area (Å²) in [4.78, 5) is 20.6. The molecule has 1 aliphatic heterocycles. The third-order valence-corrected chi connectivity index (χ3v) is 0.347. The molecule has 1 rings (SSSR count). The second kappa shape index (κ2) is 1.32. The lowest BCUT2D eigenvalue weighted by Gasteiger charge is -1.79. The average Bonchev–Trinajstić information content (AvgIpc) is 2.17. The Morgan fingerprint density at radius 3 is 2.43 bits per heavy atom. The lowest BCUT2D eigenvalue weighted by molar-refractivity contribution is -0.769. The topological polar surface area (TPSA) is 77.4 Å². The summed E-state index contributed by atoms with van der Waals surface area (Å²) in [6.07, 6.45) is 0. The maximum Gasteiger partial charge on any atom is 0.368 e. The van der Waals surface area contributed by atoms with E-state index in [-0.39, 0.29) is 0 Å². The zero-order chi connectivity index (χ0) is 5.28. The summed E-state index contributed by atoms with van der Waals surface area (Å²) >= 11 is 0. The van der Waals surface area contributed by atoms with Gasteiger partial charge < -0.3 is 0 Å². The predicted molar refractivity (Wildman–Crippen MR) is 14.0 cm³/mol. The molecular weight excluding hydrogens is 106 g/mol. The first-order chi connectivity index (χ1) is 3.29. The fourth-order valence-corrected chi connectivity index (χ4v) is 0.128. The van der Waals surface area contributed by atoms with Crippen molar-refractivity contribution in [3.63, 3.8) is 0 Å². The highest BCUT2D eigenvalue weighted by Gasteiger charge is 2.29. The fourth-order valence-electron chi connectivity index (χ4n) is 0.128. The van der Waals surface area contributed by atoms with Crippen LogP contribution in [0.3, 0.4) is 0 Å². The summed E-state index contributed by atoms with van der Waals surface area (Å²) in [5, 5.41) is 8.28. The summed E-state index contributed by atoms with van der Waals surface area (Å²) in [5.74, 6) is 0. The lowest BCUT2D eigenvalue weighted by Crippen LogP contribution is -2.01. The molecule has 7 heavy (non-hydrogen) atoms. The van der Waals surface area contributed by atoms with E-state index in [0.717, 1.165) is 0 Å². The molecule has 1 aliphatic rings. The summed E-state index contributed by atoms with van der Waals surface area (Å²) in [6, 6.07) is 0. The number of nitrogens with zero attached hydrogens (tertiary/aromatic N) is 1. The second-order valence-corrected chi connectivity index (χ2v) is 0.810. The van der Waals surface area contributed by atoms with Crippen molar-refractivity contribution in [1.29, 1.82) is 0 Å². The van der Waals surface area contributed by atoms with E-state index in [4.69, 9.17) is 0 Å². The molecule has 0 spiro atoms. The standard InChI is InChI=1S/CHNO5/c3-2(4)5-1-6-7-1/h1H. The van der Waals surface area contributed by atoms with Gasteiger partial charge in [-0.1, -0.05) is 0 Å². The SMILES string of the molecule is O=[N+]([O-])OC1OO1. The van der Waals surface area contributed by atoms with Crippen molar-refractivity contribution in [2.45, 2.75) is 6.48 Å². The third kappa shape index (κ3) is 1.33. The van der Waals surface area contributed by atoms with Crippen molar-refractivity contribution >= 4 is 0 Å². The zero-order valence-corrected chi connectivity index (χ0v) is 3.07. The Morgan fingerprint density at radius 1 is 1.71 bits per heavy atom. The van der Waals surface area contributed by atoms with E-state index in [0.29, 0.717) is 0 Å². The van der Waals surface area contributed by atoms with Crippen LogP contribution in [0.15, 0.2) is 0 Å². The van der Waals surface area contributed by atoms with Gasteiger partial charge in [-0.2, -0.15) is 9.78 Å². The van der Waals surface area contributed by atoms with Gasteiger partial charge in [0, 0.05) is 0 Å². The number of hydrogen-bond acceptors (Lipinski definition) is 5. The maximum atomic E-state index is 9.27. The summed E-state index contributed by atoms with van der Waals surface area (Å²) in [6.45, 7) is -1.07. The largest absolute Gasteiger partial charge is 0.368 e. The highest BCUT2D eigenvalue weighted by molar-refractivity contribution is 4.12. The van der Waals surface area contributed by atoms with E-state index in [1.165, 1.54) is 0 Å². The first-order valence-electron chi connectivity index (χ1n) is 1.42. The Bertz CT molecular complexity index is 86.1. The molecule has 0 aromatic carbocycles. The Hall–Kier alpha value is -0.880. The number of hydrogen-bond donors (Lipinski definition) is 0. The highest BCUT2D eigenvalue weighted by atomic mass is 17.4. The summed E-state index contributed by atoms with van der Waals surface area (Å²) in [7, 11) is 0. The maximum absolute atomic E-state index is 9.27. The molecule has 0 N–H and O–H groups in total. The highest BCUT2D eigenvalue weighted by Crippen LogP contribution is 2.11. The molecule has 40 valence electrons. The zero-order valence-electron chi connectivity index (χ0n) is 3.07. The van der Waals surface area contributed by atoms with Crippen molar-refractivity contribution in [3.05, 3.63) is 10.1 Å². The predicted octanol–water partition coefficient (Wildman–Crippen LogP) is -0.560. The Labute approximate surface area is 37.6 Å². The molecule has 1 saturated heterocycles. The van der Waals surface area contributed by atoms with Gasteiger partial charge in [0.15, 0.2) is 0 Å². The molecule has 1 fully saturated rings. The molecule has 0 radical (unpaired) electrons. The van der Waals surface area contributed by atoms with Crippen LogP contribution in [-0.4, -0.2) is 11.6 Å². The van der Waals surface area contributed by atoms with Gasteiger partial charge in [-0.05, 0) is 0 Å². The van der Waals surface area contributed by atoms with E-state index >= 15 is 0 Å². The van der Waals surface area contributed by atoms with E-state index in [9.17, 15) is 10.1 Å². The van der Waals surface area contributed by atoms with Gasteiger partial charge in [-0.15, -0.1) is 10.1 Å². The molecule has 6 nitrogen and oxygen atoms in total. The molecule has 0 saturated carbocycles. The van der Waals surface area contributed by atoms with Gasteiger partial charge in [0.2, 0.25) is 0 Å². The minimum absolute atomic E-state index is 0.988. The van der Waals surface area contributed by atoms with Gasteiger partial charge in [0.1, 0.15) is 0 Å². The smallest absolute Gasteiger partial charge is 0.246 e. The molecular formula is CHNO5. The fraction of sp³-hybridized carbons (Fsp3) is 1.00. The summed E-state index contributed by atoms with van der Waals surface area (Å²) in [5.41, 5.74) is 0. The molecule has 0 bridgehead atoms. The number of rotatable bonds is 2. The molecule has 6 heteroatoms. The van der Waals surface area contributed by atoms with E-state index in [2.05, 4.69) is 14.6 Å². The Balaban J connectivity index is 2.08. The minimum Gasteiger partial charge on any atom is -0.246 e. The van der Waals surface area contributed by atoms with Crippen molar-refractivity contribution in [2.75, 3.05) is 0 Å². The molecule has 0 aliphatic carbocycles. The molecule has 0 aromatic heterocycles. The third-order valence-electron chi connectivity index (χ3n) is 0.347. The first kappa shape index (κ1) is 4.28. The van der Waals surface area contributed by atoms with Crippen LogP contribution in [0.5, 0.6) is 0 Å². The lowest BCUT2D eigenvalue weighted by atomic mass is 11.4. The molecule has 0 aromatic rings. The van der Waals surface area contributed by atoms with Crippen LogP contribution >= 0.6 is 0 Å². The molecule has 0 amide bonds. The van der Waals surface area contributed by atoms with Gasteiger partial charge in [0.05, 0.1) is 0 Å². The first-order valence-corrected chi connectivity index (χ1v) is 1.42. The summed E-state index contributed by atoms with van der Waals surface area (Å²) < 4.78 is 0. The van der Waals surface area contributed by atoms with Crippen molar-refractivity contribution < 1.29 is 19.7 Å². The van der Waals surface area contributed by atoms with Crippen LogP contribution in [0.4, 0.5) is 0 Å². The van der Waals surface area contributed by atoms with Gasteiger partial charge >= 0.3 is 6.48 Å². The normalized spacial score (nSPS) is 18.9. The quantitative estimate of drug-likeness (QED) is 0.204. The monoisotopic (exact) mass is 107 g/mol. The van der Waals surface area contributed by atoms with Gasteiger partial charge in [-0.3, -0.25) is 0 Å². The molecule has 1 heterocycles. The van der Waals surface area contributed by atoms with Crippen molar-refractivity contribution in [1.82, 2.24) is 0 Å². The average molecular weight is 107 g/mol.